The van der Waals surface area contributed by atoms with E-state index in [0.717, 1.165) is 10.2 Å². The second kappa shape index (κ2) is 7.48. The summed E-state index contributed by atoms with van der Waals surface area (Å²) < 4.78 is 8.10. The summed E-state index contributed by atoms with van der Waals surface area (Å²) in [6.45, 7) is 5.53. The fourth-order valence-corrected chi connectivity index (χ4v) is 2.93. The highest BCUT2D eigenvalue weighted by Gasteiger charge is 2.15. The van der Waals surface area contributed by atoms with Crippen LogP contribution in [0.1, 0.15) is 27.2 Å². The number of nitrogens with zero attached hydrogens (tertiary/aromatic N) is 2. The van der Waals surface area contributed by atoms with Gasteiger partial charge in [0.05, 0.1) is 10.2 Å². The first kappa shape index (κ1) is 18.0. The summed E-state index contributed by atoms with van der Waals surface area (Å²) in [5.74, 6) is -0.275. The molecule has 0 aliphatic carbocycles. The monoisotopic (exact) mass is 350 g/mol. The Labute approximate surface area is 144 Å². The first-order chi connectivity index (χ1) is 11.3. The van der Waals surface area contributed by atoms with E-state index in [1.165, 1.54) is 11.3 Å². The van der Waals surface area contributed by atoms with E-state index >= 15 is 0 Å². The molecule has 2 amide bonds. The van der Waals surface area contributed by atoms with Crippen molar-refractivity contribution in [2.45, 2.75) is 32.8 Å². The Kier molecular flexibility index (Phi) is 5.61. The SMILES string of the molecule is Cn1/c(=N/NC(=O)CCNC(=O)OC(C)(C)C)sc2ccccc21. The topological polar surface area (TPSA) is 84.7 Å². The molecular weight excluding hydrogens is 328 g/mol. The maximum atomic E-state index is 11.8. The minimum Gasteiger partial charge on any atom is -0.444 e. The molecule has 0 aliphatic heterocycles. The predicted octanol–water partition coefficient (Wildman–Crippen LogP) is 2.09. The number of aryl methyl sites for hydroxylation is 1. The van der Waals surface area contributed by atoms with Crippen molar-refractivity contribution in [3.05, 3.63) is 29.1 Å². The number of para-hydroxylation sites is 1. The number of carbonyl (C=O) groups excluding carboxylic acids is 2. The van der Waals surface area contributed by atoms with Gasteiger partial charge in [-0.1, -0.05) is 23.5 Å². The number of benzene rings is 1. The first-order valence-corrected chi connectivity index (χ1v) is 8.42. The molecule has 130 valence electrons. The summed E-state index contributed by atoms with van der Waals surface area (Å²) in [6.07, 6.45) is -0.416. The van der Waals surface area contributed by atoms with E-state index in [2.05, 4.69) is 15.8 Å². The van der Waals surface area contributed by atoms with E-state index in [1.807, 2.05) is 35.9 Å². The number of alkyl carbamates (subject to hydrolysis) is 1. The standard InChI is InChI=1S/C16H22N4O3S/c1-16(2,3)23-15(22)17-10-9-13(21)18-19-14-20(4)11-7-5-6-8-12(11)24-14/h5-8H,9-10H2,1-4H3,(H,17,22)(H,18,21)/b19-14-. The minimum atomic E-state index is -0.558. The molecule has 2 aromatic rings. The quantitative estimate of drug-likeness (QED) is 0.828. The van der Waals surface area contributed by atoms with Gasteiger partial charge in [0.2, 0.25) is 10.7 Å². The van der Waals surface area contributed by atoms with E-state index in [4.69, 9.17) is 4.74 Å². The molecular formula is C16H22N4O3S. The van der Waals surface area contributed by atoms with Crippen molar-refractivity contribution in [3.63, 3.8) is 0 Å². The van der Waals surface area contributed by atoms with Crippen LogP contribution in [0.25, 0.3) is 10.2 Å². The third-order valence-corrected chi connectivity index (χ3v) is 4.12. The van der Waals surface area contributed by atoms with Crippen molar-refractivity contribution in [2.24, 2.45) is 12.1 Å². The molecule has 2 N–H and O–H groups in total. The van der Waals surface area contributed by atoms with Gasteiger partial charge in [0.25, 0.3) is 0 Å². The van der Waals surface area contributed by atoms with Crippen molar-refractivity contribution in [2.75, 3.05) is 6.54 Å². The molecule has 0 unspecified atom stereocenters. The molecule has 7 nitrogen and oxygen atoms in total. The van der Waals surface area contributed by atoms with Gasteiger partial charge < -0.3 is 14.6 Å². The van der Waals surface area contributed by atoms with Gasteiger partial charge in [-0.3, -0.25) is 4.79 Å². The number of thiazole rings is 1. The van der Waals surface area contributed by atoms with E-state index in [0.29, 0.717) is 4.80 Å². The molecule has 0 aliphatic rings. The maximum absolute atomic E-state index is 11.8. The Morgan fingerprint density at radius 1 is 1.29 bits per heavy atom. The van der Waals surface area contributed by atoms with Crippen LogP contribution in [-0.4, -0.2) is 28.7 Å². The van der Waals surface area contributed by atoms with Crippen LogP contribution in [0, 0.1) is 0 Å². The summed E-state index contributed by atoms with van der Waals surface area (Å²) >= 11 is 1.49. The predicted molar refractivity (Wildman–Crippen MR) is 93.4 cm³/mol. The van der Waals surface area contributed by atoms with Gasteiger partial charge in [-0.05, 0) is 32.9 Å². The largest absolute Gasteiger partial charge is 0.444 e. The number of nitrogens with one attached hydrogen (secondary N) is 2. The number of aromatic nitrogens is 1. The molecule has 0 saturated carbocycles. The lowest BCUT2D eigenvalue weighted by atomic mass is 10.2. The summed E-state index contributed by atoms with van der Waals surface area (Å²) in [5.41, 5.74) is 3.01. The molecule has 1 aromatic heterocycles. The fraction of sp³-hybridized carbons (Fsp3) is 0.438. The normalized spacial score (nSPS) is 12.2. The Balaban J connectivity index is 1.86. The number of carbonyl (C=O) groups is 2. The molecule has 0 saturated heterocycles. The Hall–Kier alpha value is -2.35. The molecule has 0 atom stereocenters. The van der Waals surface area contributed by atoms with Crippen molar-refractivity contribution in [1.82, 2.24) is 15.3 Å². The van der Waals surface area contributed by atoms with Crippen LogP contribution in [0.15, 0.2) is 29.4 Å². The number of amides is 2. The van der Waals surface area contributed by atoms with Crippen LogP contribution >= 0.6 is 11.3 Å². The molecule has 8 heteroatoms. The van der Waals surface area contributed by atoms with E-state index in [9.17, 15) is 9.59 Å². The lowest BCUT2D eigenvalue weighted by Gasteiger charge is -2.19. The van der Waals surface area contributed by atoms with E-state index in [-0.39, 0.29) is 18.9 Å². The van der Waals surface area contributed by atoms with Crippen LogP contribution in [0.5, 0.6) is 0 Å². The third kappa shape index (κ3) is 5.09. The molecule has 2 rings (SSSR count). The second-order valence-corrected chi connectivity index (χ2v) is 7.25. The highest BCUT2D eigenvalue weighted by atomic mass is 32.1. The zero-order valence-electron chi connectivity index (χ0n) is 14.3. The summed E-state index contributed by atoms with van der Waals surface area (Å²) in [4.78, 5) is 24.0. The average Bonchev–Trinajstić information content (AvgIpc) is 2.80. The molecule has 1 aromatic carbocycles. The Bertz CT molecular complexity index is 801. The van der Waals surface area contributed by atoms with Crippen LogP contribution in [0.2, 0.25) is 0 Å². The molecule has 24 heavy (non-hydrogen) atoms. The van der Waals surface area contributed by atoms with Crippen LogP contribution in [0.3, 0.4) is 0 Å². The summed E-state index contributed by atoms with van der Waals surface area (Å²) in [5, 5.41) is 6.67. The maximum Gasteiger partial charge on any atom is 0.407 e. The average molecular weight is 350 g/mol. The number of fused-ring (bicyclic) bond motifs is 1. The molecule has 0 fully saturated rings. The van der Waals surface area contributed by atoms with Crippen molar-refractivity contribution >= 4 is 33.6 Å². The van der Waals surface area contributed by atoms with Crippen LogP contribution < -0.4 is 15.5 Å². The van der Waals surface area contributed by atoms with Crippen molar-refractivity contribution < 1.29 is 14.3 Å². The zero-order valence-corrected chi connectivity index (χ0v) is 15.1. The fourth-order valence-electron chi connectivity index (χ4n) is 1.95. The Morgan fingerprint density at radius 3 is 2.67 bits per heavy atom. The van der Waals surface area contributed by atoms with Gasteiger partial charge in [-0.15, -0.1) is 5.10 Å². The van der Waals surface area contributed by atoms with Gasteiger partial charge in [-0.2, -0.15) is 0 Å². The van der Waals surface area contributed by atoms with Crippen molar-refractivity contribution in [1.29, 1.82) is 0 Å². The molecule has 1 heterocycles. The van der Waals surface area contributed by atoms with Gasteiger partial charge >= 0.3 is 6.09 Å². The third-order valence-electron chi connectivity index (χ3n) is 3.01. The van der Waals surface area contributed by atoms with Gasteiger partial charge in [0.15, 0.2) is 0 Å². The van der Waals surface area contributed by atoms with Crippen molar-refractivity contribution in [3.8, 4) is 0 Å². The van der Waals surface area contributed by atoms with Crippen LogP contribution in [-0.2, 0) is 16.6 Å². The lowest BCUT2D eigenvalue weighted by molar-refractivity contribution is -0.121. The highest BCUT2D eigenvalue weighted by molar-refractivity contribution is 7.16. The highest BCUT2D eigenvalue weighted by Crippen LogP contribution is 2.14. The Morgan fingerprint density at radius 2 is 2.00 bits per heavy atom. The summed E-state index contributed by atoms with van der Waals surface area (Å²) in [6, 6.07) is 7.92. The number of hydrogen-bond donors (Lipinski definition) is 2. The smallest absolute Gasteiger partial charge is 0.407 e. The summed E-state index contributed by atoms with van der Waals surface area (Å²) in [7, 11) is 1.90. The van der Waals surface area contributed by atoms with Gasteiger partial charge in [-0.25, -0.2) is 10.2 Å². The first-order valence-electron chi connectivity index (χ1n) is 7.60. The number of hydrogen-bond acceptors (Lipinski definition) is 5. The van der Waals surface area contributed by atoms with Crippen LogP contribution in [0.4, 0.5) is 4.79 Å². The number of ether oxygens (including phenoxy) is 1. The molecule has 0 spiro atoms. The van der Waals surface area contributed by atoms with E-state index in [1.54, 1.807) is 20.8 Å². The lowest BCUT2D eigenvalue weighted by Crippen LogP contribution is -2.34. The zero-order chi connectivity index (χ0) is 17.7. The second-order valence-electron chi connectivity index (χ2n) is 6.24. The molecule has 0 bridgehead atoms. The minimum absolute atomic E-state index is 0.122. The molecule has 0 radical (unpaired) electrons. The van der Waals surface area contributed by atoms with Gasteiger partial charge in [0, 0.05) is 20.0 Å². The van der Waals surface area contributed by atoms with Gasteiger partial charge in [0.1, 0.15) is 5.60 Å². The number of rotatable bonds is 4. The van der Waals surface area contributed by atoms with E-state index < -0.39 is 11.7 Å².